The van der Waals surface area contributed by atoms with Gasteiger partial charge in [0, 0.05) is 19.8 Å². The van der Waals surface area contributed by atoms with E-state index in [-0.39, 0.29) is 11.7 Å². The van der Waals surface area contributed by atoms with Gasteiger partial charge < -0.3 is 9.64 Å². The summed E-state index contributed by atoms with van der Waals surface area (Å²) in [5.74, 6) is -0.590. The van der Waals surface area contributed by atoms with E-state index in [0.29, 0.717) is 0 Å². The summed E-state index contributed by atoms with van der Waals surface area (Å²) in [6.07, 6.45) is 1.30. The largest absolute Gasteiger partial charge is 0.459 e. The highest BCUT2D eigenvalue weighted by Crippen LogP contribution is 2.16. The van der Waals surface area contributed by atoms with Crippen LogP contribution >= 0.6 is 0 Å². The van der Waals surface area contributed by atoms with E-state index in [1.165, 1.54) is 6.08 Å². The molecule has 100 valence electrons. The maximum absolute atomic E-state index is 11.7. The molecule has 4 heteroatoms. The van der Waals surface area contributed by atoms with Crippen molar-refractivity contribution >= 4 is 17.7 Å². The quantitative estimate of drug-likeness (QED) is 0.473. The number of carbonyl (C=O) groups is 1. The molecule has 0 heterocycles. The Morgan fingerprint density at radius 3 is 2.63 bits per heavy atom. The van der Waals surface area contributed by atoms with Gasteiger partial charge in [-0.1, -0.05) is 12.1 Å². The van der Waals surface area contributed by atoms with E-state index >= 15 is 0 Å². The van der Waals surface area contributed by atoms with Gasteiger partial charge in [-0.15, -0.1) is 0 Å². The monoisotopic (exact) mass is 258 g/mol. The lowest BCUT2D eigenvalue weighted by atomic mass is 10.1. The number of ether oxygens (including phenoxy) is 1. The predicted molar refractivity (Wildman–Crippen MR) is 75.6 cm³/mol. The van der Waals surface area contributed by atoms with Crippen LogP contribution in [0.25, 0.3) is 6.08 Å². The summed E-state index contributed by atoms with van der Waals surface area (Å²) in [6, 6.07) is 9.45. The molecule has 0 saturated heterocycles. The van der Waals surface area contributed by atoms with Gasteiger partial charge in [0.2, 0.25) is 0 Å². The lowest BCUT2D eigenvalue weighted by Gasteiger charge is -2.12. The van der Waals surface area contributed by atoms with Gasteiger partial charge in [-0.05, 0) is 37.6 Å². The number of nitrogens with zero attached hydrogens (tertiary/aromatic N) is 2. The second kappa shape index (κ2) is 6.60. The van der Waals surface area contributed by atoms with Gasteiger partial charge in [0.15, 0.2) is 0 Å². The van der Waals surface area contributed by atoms with Crippen molar-refractivity contribution in [3.8, 4) is 6.07 Å². The van der Waals surface area contributed by atoms with Crippen molar-refractivity contribution in [3.05, 3.63) is 35.4 Å². The molecule has 0 unspecified atom stereocenters. The minimum Gasteiger partial charge on any atom is -0.459 e. The van der Waals surface area contributed by atoms with Crippen LogP contribution in [-0.4, -0.2) is 26.2 Å². The van der Waals surface area contributed by atoms with E-state index in [4.69, 9.17) is 10.00 Å². The molecule has 0 bridgehead atoms. The Labute approximate surface area is 113 Å². The Balaban J connectivity index is 3.02. The summed E-state index contributed by atoms with van der Waals surface area (Å²) < 4.78 is 5.01. The number of anilines is 1. The van der Waals surface area contributed by atoms with Crippen molar-refractivity contribution in [3.63, 3.8) is 0 Å². The minimum atomic E-state index is -0.590. The maximum Gasteiger partial charge on any atom is 0.349 e. The van der Waals surface area contributed by atoms with Crippen LogP contribution in [0.3, 0.4) is 0 Å². The zero-order chi connectivity index (χ0) is 14.4. The molecule has 0 radical (unpaired) electrons. The summed E-state index contributed by atoms with van der Waals surface area (Å²) in [7, 11) is 3.86. The van der Waals surface area contributed by atoms with Crippen molar-refractivity contribution in [2.45, 2.75) is 20.0 Å². The first kappa shape index (κ1) is 14.8. The number of esters is 1. The molecule has 4 nitrogen and oxygen atoms in total. The summed E-state index contributed by atoms with van der Waals surface area (Å²) in [5, 5.41) is 9.02. The lowest BCUT2D eigenvalue weighted by Crippen LogP contribution is -2.12. The molecule has 19 heavy (non-hydrogen) atoms. The molecular formula is C15H18N2O2. The fourth-order valence-electron chi connectivity index (χ4n) is 1.47. The summed E-state index contributed by atoms with van der Waals surface area (Å²) in [6.45, 7) is 3.50. The van der Waals surface area contributed by atoms with Crippen LogP contribution in [-0.2, 0) is 9.53 Å². The second-order valence-electron chi connectivity index (χ2n) is 4.61. The first-order chi connectivity index (χ1) is 8.93. The van der Waals surface area contributed by atoms with Gasteiger partial charge >= 0.3 is 5.97 Å². The van der Waals surface area contributed by atoms with Crippen LogP contribution < -0.4 is 4.90 Å². The zero-order valence-corrected chi connectivity index (χ0v) is 11.7. The van der Waals surface area contributed by atoms with Gasteiger partial charge in [-0.25, -0.2) is 4.79 Å². The Bertz CT molecular complexity index is 525. The summed E-state index contributed by atoms with van der Waals surface area (Å²) in [5.41, 5.74) is 1.80. The van der Waals surface area contributed by atoms with Crippen LogP contribution in [0, 0.1) is 11.3 Å². The molecule has 0 saturated carbocycles. The minimum absolute atomic E-state index is 0.00426. The Hall–Kier alpha value is -2.28. The van der Waals surface area contributed by atoms with Gasteiger partial charge in [0.1, 0.15) is 11.6 Å². The van der Waals surface area contributed by atoms with E-state index in [2.05, 4.69) is 0 Å². The fraction of sp³-hybridized carbons (Fsp3) is 0.333. The molecule has 1 rings (SSSR count). The third-order valence-corrected chi connectivity index (χ3v) is 2.38. The zero-order valence-electron chi connectivity index (χ0n) is 11.7. The van der Waals surface area contributed by atoms with Gasteiger partial charge in [-0.3, -0.25) is 0 Å². The number of hydrogen-bond acceptors (Lipinski definition) is 4. The van der Waals surface area contributed by atoms with Crippen molar-refractivity contribution < 1.29 is 9.53 Å². The molecule has 1 aromatic rings. The average Bonchev–Trinajstić information content (AvgIpc) is 2.35. The number of rotatable bonds is 4. The maximum atomic E-state index is 11.7. The predicted octanol–water partition coefficient (Wildman–Crippen LogP) is 2.61. The van der Waals surface area contributed by atoms with E-state index < -0.39 is 5.97 Å². The van der Waals surface area contributed by atoms with E-state index in [9.17, 15) is 4.79 Å². The lowest BCUT2D eigenvalue weighted by molar-refractivity contribution is -0.142. The first-order valence-electron chi connectivity index (χ1n) is 6.04. The van der Waals surface area contributed by atoms with Gasteiger partial charge in [0.05, 0.1) is 6.10 Å². The Kier molecular flexibility index (Phi) is 5.13. The van der Waals surface area contributed by atoms with Crippen molar-refractivity contribution in [2.75, 3.05) is 19.0 Å². The number of nitriles is 1. The molecule has 0 atom stereocenters. The topological polar surface area (TPSA) is 53.3 Å². The van der Waals surface area contributed by atoms with Crippen LogP contribution in [0.1, 0.15) is 19.4 Å². The van der Waals surface area contributed by atoms with Crippen LogP contribution in [0.2, 0.25) is 0 Å². The standard InChI is InChI=1S/C15H18N2O2/c1-11(2)19-15(18)13(10-16)8-12-6-5-7-14(9-12)17(3)4/h5-9,11H,1-4H3/b13-8+. The molecule has 0 amide bonds. The summed E-state index contributed by atoms with van der Waals surface area (Å²) in [4.78, 5) is 13.6. The third kappa shape index (κ3) is 4.47. The van der Waals surface area contributed by atoms with Gasteiger partial charge in [-0.2, -0.15) is 5.26 Å². The highest BCUT2D eigenvalue weighted by atomic mass is 16.5. The molecule has 0 spiro atoms. The molecule has 0 aliphatic heterocycles. The Morgan fingerprint density at radius 2 is 2.11 bits per heavy atom. The van der Waals surface area contributed by atoms with Gasteiger partial charge in [0.25, 0.3) is 0 Å². The molecule has 0 aromatic heterocycles. The van der Waals surface area contributed by atoms with Crippen LogP contribution in [0.15, 0.2) is 29.8 Å². The fourth-order valence-corrected chi connectivity index (χ4v) is 1.47. The molecule has 0 fully saturated rings. The van der Waals surface area contributed by atoms with Crippen molar-refractivity contribution in [1.29, 1.82) is 5.26 Å². The normalized spacial score (nSPS) is 11.1. The van der Waals surface area contributed by atoms with Crippen LogP contribution in [0.5, 0.6) is 0 Å². The Morgan fingerprint density at radius 1 is 1.42 bits per heavy atom. The third-order valence-electron chi connectivity index (χ3n) is 2.38. The second-order valence-corrected chi connectivity index (χ2v) is 4.61. The molecule has 1 aromatic carbocycles. The molecule has 0 aliphatic carbocycles. The summed E-state index contributed by atoms with van der Waals surface area (Å²) >= 11 is 0. The van der Waals surface area contributed by atoms with E-state index in [1.807, 2.05) is 49.3 Å². The van der Waals surface area contributed by atoms with Crippen molar-refractivity contribution in [1.82, 2.24) is 0 Å². The van der Waals surface area contributed by atoms with E-state index in [1.54, 1.807) is 13.8 Å². The smallest absolute Gasteiger partial charge is 0.349 e. The van der Waals surface area contributed by atoms with E-state index in [0.717, 1.165) is 11.3 Å². The SMILES string of the molecule is CC(C)OC(=O)/C(C#N)=C/c1cccc(N(C)C)c1. The first-order valence-corrected chi connectivity index (χ1v) is 6.04. The molecular weight excluding hydrogens is 240 g/mol. The van der Waals surface area contributed by atoms with Crippen molar-refractivity contribution in [2.24, 2.45) is 0 Å². The number of carbonyl (C=O) groups excluding carboxylic acids is 1. The average molecular weight is 258 g/mol. The highest BCUT2D eigenvalue weighted by molar-refractivity contribution is 5.98. The van der Waals surface area contributed by atoms with Crippen LogP contribution in [0.4, 0.5) is 5.69 Å². The molecule has 0 aliphatic rings. The number of hydrogen-bond donors (Lipinski definition) is 0. The molecule has 0 N–H and O–H groups in total. The number of benzene rings is 1. The highest BCUT2D eigenvalue weighted by Gasteiger charge is 2.12.